The maximum absolute atomic E-state index is 4.08. The fourth-order valence-corrected chi connectivity index (χ4v) is 1.83. The van der Waals surface area contributed by atoms with Crippen LogP contribution < -0.4 is 5.32 Å². The van der Waals surface area contributed by atoms with Crippen LogP contribution in [0.4, 0.5) is 0 Å². The van der Waals surface area contributed by atoms with Crippen molar-refractivity contribution >= 4 is 15.9 Å². The lowest BCUT2D eigenvalue weighted by molar-refractivity contribution is 0.599. The molecule has 0 aliphatic carbocycles. The van der Waals surface area contributed by atoms with Gasteiger partial charge in [0.25, 0.3) is 0 Å². The molecule has 0 bridgehead atoms. The van der Waals surface area contributed by atoms with Crippen LogP contribution in [0.2, 0.25) is 0 Å². The molecule has 1 aromatic heterocycles. The van der Waals surface area contributed by atoms with Crippen molar-refractivity contribution in [3.05, 3.63) is 30.1 Å². The molecule has 1 rings (SSSR count). The van der Waals surface area contributed by atoms with Crippen molar-refractivity contribution in [3.8, 4) is 0 Å². The quantitative estimate of drug-likeness (QED) is 0.580. The summed E-state index contributed by atoms with van der Waals surface area (Å²) < 4.78 is 0. The number of unbranched alkanes of at least 4 members (excludes halogenated alkanes) is 3. The summed E-state index contributed by atoms with van der Waals surface area (Å²) in [5.41, 5.74) is 1.26. The second-order valence-corrected chi connectivity index (χ2v) is 4.43. The molecule has 84 valence electrons. The first kappa shape index (κ1) is 12.7. The minimum Gasteiger partial charge on any atom is -0.313 e. The Kier molecular flexibility index (Phi) is 7.48. The molecule has 0 spiro atoms. The van der Waals surface area contributed by atoms with Crippen molar-refractivity contribution in [3.63, 3.8) is 0 Å². The lowest BCUT2D eigenvalue weighted by Crippen LogP contribution is -2.14. The topological polar surface area (TPSA) is 24.9 Å². The monoisotopic (exact) mass is 270 g/mol. The van der Waals surface area contributed by atoms with E-state index in [4.69, 9.17) is 0 Å². The Morgan fingerprint density at radius 1 is 1.20 bits per heavy atom. The van der Waals surface area contributed by atoms with Crippen LogP contribution >= 0.6 is 15.9 Å². The van der Waals surface area contributed by atoms with E-state index in [-0.39, 0.29) is 0 Å². The summed E-state index contributed by atoms with van der Waals surface area (Å²) in [4.78, 5) is 4.08. The van der Waals surface area contributed by atoms with E-state index in [9.17, 15) is 0 Å². The van der Waals surface area contributed by atoms with Crippen LogP contribution in [-0.2, 0) is 6.54 Å². The summed E-state index contributed by atoms with van der Waals surface area (Å²) in [7, 11) is 0. The molecule has 1 N–H and O–H groups in total. The SMILES string of the molecule is BrCCCCCCNCc1cccnc1. The zero-order valence-electron chi connectivity index (χ0n) is 9.08. The fourth-order valence-electron chi connectivity index (χ4n) is 1.43. The first-order chi connectivity index (χ1) is 7.43. The molecule has 1 heterocycles. The van der Waals surface area contributed by atoms with E-state index in [1.165, 1.54) is 31.2 Å². The number of rotatable bonds is 8. The van der Waals surface area contributed by atoms with Crippen LogP contribution in [0.5, 0.6) is 0 Å². The average Bonchev–Trinajstić information content (AvgIpc) is 2.29. The minimum atomic E-state index is 0.937. The molecule has 0 saturated heterocycles. The fraction of sp³-hybridized carbons (Fsp3) is 0.583. The number of pyridine rings is 1. The van der Waals surface area contributed by atoms with Gasteiger partial charge in [-0.15, -0.1) is 0 Å². The summed E-state index contributed by atoms with van der Waals surface area (Å²) in [6.45, 7) is 2.05. The molecular formula is C12H19BrN2. The van der Waals surface area contributed by atoms with Crippen LogP contribution in [0.1, 0.15) is 31.2 Å². The van der Waals surface area contributed by atoms with Gasteiger partial charge in [-0.2, -0.15) is 0 Å². The summed E-state index contributed by atoms with van der Waals surface area (Å²) >= 11 is 3.44. The van der Waals surface area contributed by atoms with Crippen LogP contribution in [0.15, 0.2) is 24.5 Å². The van der Waals surface area contributed by atoms with Gasteiger partial charge in [0.05, 0.1) is 0 Å². The predicted molar refractivity (Wildman–Crippen MR) is 68.2 cm³/mol. The number of nitrogens with one attached hydrogen (secondary N) is 1. The van der Waals surface area contributed by atoms with Gasteiger partial charge in [-0.05, 0) is 31.0 Å². The van der Waals surface area contributed by atoms with Crippen LogP contribution in [0.25, 0.3) is 0 Å². The number of nitrogens with zero attached hydrogens (tertiary/aromatic N) is 1. The maximum atomic E-state index is 4.08. The molecule has 0 radical (unpaired) electrons. The molecule has 0 fully saturated rings. The van der Waals surface area contributed by atoms with Crippen LogP contribution in [-0.4, -0.2) is 16.9 Å². The molecule has 0 unspecified atom stereocenters. The lowest BCUT2D eigenvalue weighted by Gasteiger charge is -2.03. The van der Waals surface area contributed by atoms with Gasteiger partial charge in [-0.25, -0.2) is 0 Å². The van der Waals surface area contributed by atoms with Gasteiger partial charge in [0.1, 0.15) is 0 Å². The third kappa shape index (κ3) is 6.63. The van der Waals surface area contributed by atoms with Crippen molar-refractivity contribution < 1.29 is 0 Å². The zero-order valence-corrected chi connectivity index (χ0v) is 10.7. The molecule has 0 aromatic carbocycles. The van der Waals surface area contributed by atoms with E-state index in [1.807, 2.05) is 18.5 Å². The first-order valence-electron chi connectivity index (χ1n) is 5.59. The standard InChI is InChI=1S/C12H19BrN2/c13-7-3-1-2-4-8-14-10-12-6-5-9-15-11-12/h5-6,9,11,14H,1-4,7-8,10H2. The van der Waals surface area contributed by atoms with Gasteiger partial charge in [0.2, 0.25) is 0 Å². The summed E-state index contributed by atoms with van der Waals surface area (Å²) in [6.07, 6.45) is 8.95. The largest absolute Gasteiger partial charge is 0.313 e. The third-order valence-electron chi connectivity index (χ3n) is 2.29. The van der Waals surface area contributed by atoms with E-state index < -0.39 is 0 Å². The van der Waals surface area contributed by atoms with Crippen LogP contribution in [0, 0.1) is 0 Å². The van der Waals surface area contributed by atoms with E-state index in [1.54, 1.807) is 0 Å². The highest BCUT2D eigenvalue weighted by Gasteiger charge is 1.92. The van der Waals surface area contributed by atoms with Gasteiger partial charge >= 0.3 is 0 Å². The zero-order chi connectivity index (χ0) is 10.8. The molecule has 15 heavy (non-hydrogen) atoms. The Bertz CT molecular complexity index is 239. The number of halogens is 1. The summed E-state index contributed by atoms with van der Waals surface area (Å²) in [5.74, 6) is 0. The average molecular weight is 271 g/mol. The Hall–Kier alpha value is -0.410. The molecule has 0 aliphatic heterocycles. The lowest BCUT2D eigenvalue weighted by atomic mass is 10.2. The van der Waals surface area contributed by atoms with Gasteiger partial charge in [-0.3, -0.25) is 4.98 Å². The highest BCUT2D eigenvalue weighted by molar-refractivity contribution is 9.09. The van der Waals surface area contributed by atoms with E-state index in [0.717, 1.165) is 18.4 Å². The number of hydrogen-bond acceptors (Lipinski definition) is 2. The minimum absolute atomic E-state index is 0.937. The van der Waals surface area contributed by atoms with Crippen molar-refractivity contribution in [2.45, 2.75) is 32.2 Å². The summed E-state index contributed by atoms with van der Waals surface area (Å²) in [6, 6.07) is 4.08. The van der Waals surface area contributed by atoms with Gasteiger partial charge in [-0.1, -0.05) is 34.8 Å². The van der Waals surface area contributed by atoms with E-state index in [0.29, 0.717) is 0 Å². The molecule has 0 amide bonds. The normalized spacial score (nSPS) is 10.5. The second kappa shape index (κ2) is 8.86. The van der Waals surface area contributed by atoms with Crippen molar-refractivity contribution in [2.24, 2.45) is 0 Å². The second-order valence-electron chi connectivity index (χ2n) is 3.64. The Morgan fingerprint density at radius 3 is 2.80 bits per heavy atom. The van der Waals surface area contributed by atoms with Gasteiger partial charge in [0, 0.05) is 24.3 Å². The van der Waals surface area contributed by atoms with Crippen molar-refractivity contribution in [1.29, 1.82) is 0 Å². The number of aromatic nitrogens is 1. The van der Waals surface area contributed by atoms with E-state index >= 15 is 0 Å². The Balaban J connectivity index is 1.93. The highest BCUT2D eigenvalue weighted by Crippen LogP contribution is 2.01. The Morgan fingerprint density at radius 2 is 2.07 bits per heavy atom. The number of hydrogen-bond donors (Lipinski definition) is 1. The van der Waals surface area contributed by atoms with Gasteiger partial charge < -0.3 is 5.32 Å². The molecule has 0 saturated carbocycles. The van der Waals surface area contributed by atoms with E-state index in [2.05, 4.69) is 32.3 Å². The van der Waals surface area contributed by atoms with Crippen molar-refractivity contribution in [1.82, 2.24) is 10.3 Å². The first-order valence-corrected chi connectivity index (χ1v) is 6.71. The molecule has 2 nitrogen and oxygen atoms in total. The Labute approximate surface area is 101 Å². The van der Waals surface area contributed by atoms with Gasteiger partial charge in [0.15, 0.2) is 0 Å². The molecular weight excluding hydrogens is 252 g/mol. The predicted octanol–water partition coefficient (Wildman–Crippen LogP) is 3.13. The van der Waals surface area contributed by atoms with Crippen LogP contribution in [0.3, 0.4) is 0 Å². The molecule has 1 aromatic rings. The molecule has 0 atom stereocenters. The third-order valence-corrected chi connectivity index (χ3v) is 2.85. The summed E-state index contributed by atoms with van der Waals surface area (Å²) in [5, 5.41) is 4.56. The molecule has 3 heteroatoms. The number of alkyl halides is 1. The smallest absolute Gasteiger partial charge is 0.0312 e. The highest BCUT2D eigenvalue weighted by atomic mass is 79.9. The molecule has 0 aliphatic rings. The van der Waals surface area contributed by atoms with Crippen molar-refractivity contribution in [2.75, 3.05) is 11.9 Å². The maximum Gasteiger partial charge on any atom is 0.0312 e.